The van der Waals surface area contributed by atoms with Crippen LogP contribution in [0, 0.1) is 0 Å². The Bertz CT molecular complexity index is 622. The highest BCUT2D eigenvalue weighted by Crippen LogP contribution is 2.26. The largest absolute Gasteiger partial charge is 0.393 e. The molecular formula is C19H22N2O2. The van der Waals surface area contributed by atoms with Gasteiger partial charge in [-0.05, 0) is 30.5 Å². The number of hydrogen-bond acceptors (Lipinski definition) is 3. The summed E-state index contributed by atoms with van der Waals surface area (Å²) >= 11 is 0. The lowest BCUT2D eigenvalue weighted by molar-refractivity contribution is -0.122. The molecule has 1 aliphatic heterocycles. The minimum atomic E-state index is -0.330. The highest BCUT2D eigenvalue weighted by molar-refractivity contribution is 5.95. The van der Waals surface area contributed by atoms with Gasteiger partial charge in [0.05, 0.1) is 6.10 Å². The molecular weight excluding hydrogens is 288 g/mol. The van der Waals surface area contributed by atoms with Crippen LogP contribution in [0.4, 0.5) is 5.69 Å². The summed E-state index contributed by atoms with van der Waals surface area (Å²) in [6.07, 6.45) is 1.17. The van der Waals surface area contributed by atoms with E-state index in [1.807, 2.05) is 60.7 Å². The lowest BCUT2D eigenvalue weighted by Crippen LogP contribution is -2.43. The van der Waals surface area contributed by atoms with E-state index in [0.717, 1.165) is 24.3 Å². The van der Waals surface area contributed by atoms with Crippen molar-refractivity contribution in [1.82, 2.24) is 4.90 Å². The third-order valence-corrected chi connectivity index (χ3v) is 4.27. The van der Waals surface area contributed by atoms with E-state index in [0.29, 0.717) is 12.8 Å². The number of nitrogens with zero attached hydrogens (tertiary/aromatic N) is 1. The zero-order valence-corrected chi connectivity index (χ0v) is 13.1. The zero-order valence-electron chi connectivity index (χ0n) is 13.1. The summed E-state index contributed by atoms with van der Waals surface area (Å²) in [6, 6.07) is 19.0. The van der Waals surface area contributed by atoms with Crippen molar-refractivity contribution in [3.8, 4) is 0 Å². The molecule has 1 heterocycles. The molecule has 1 fully saturated rings. The molecule has 0 radical (unpaired) electrons. The number of para-hydroxylation sites is 1. The predicted octanol–water partition coefficient (Wildman–Crippen LogP) is 2.82. The fourth-order valence-electron chi connectivity index (χ4n) is 3.04. The number of aliphatic hydroxyl groups excluding tert-OH is 1. The van der Waals surface area contributed by atoms with E-state index in [2.05, 4.69) is 10.2 Å². The van der Waals surface area contributed by atoms with E-state index < -0.39 is 0 Å². The second-order valence-electron chi connectivity index (χ2n) is 5.94. The molecule has 2 aromatic rings. The van der Waals surface area contributed by atoms with Crippen LogP contribution in [-0.4, -0.2) is 35.1 Å². The minimum Gasteiger partial charge on any atom is -0.393 e. The maximum atomic E-state index is 12.9. The lowest BCUT2D eigenvalue weighted by atomic mass is 9.99. The minimum absolute atomic E-state index is 0.0289. The van der Waals surface area contributed by atoms with Gasteiger partial charge in [0.1, 0.15) is 6.04 Å². The van der Waals surface area contributed by atoms with Crippen molar-refractivity contribution in [1.29, 1.82) is 0 Å². The quantitative estimate of drug-likeness (QED) is 0.913. The average Bonchev–Trinajstić information content (AvgIpc) is 2.59. The third kappa shape index (κ3) is 3.97. The number of likely N-dealkylation sites (tertiary alicyclic amines) is 1. The Kier molecular flexibility index (Phi) is 5.05. The number of aliphatic hydroxyl groups is 1. The number of hydrogen-bond donors (Lipinski definition) is 2. The maximum Gasteiger partial charge on any atom is 0.246 e. The van der Waals surface area contributed by atoms with E-state index in [4.69, 9.17) is 0 Å². The van der Waals surface area contributed by atoms with Gasteiger partial charge in [-0.25, -0.2) is 0 Å². The molecule has 1 unspecified atom stereocenters. The lowest BCUT2D eigenvalue weighted by Gasteiger charge is -2.35. The molecule has 3 rings (SSSR count). The van der Waals surface area contributed by atoms with Gasteiger partial charge in [0.25, 0.3) is 0 Å². The molecule has 1 amide bonds. The Morgan fingerprint density at radius 1 is 1.00 bits per heavy atom. The Hall–Kier alpha value is -2.17. The SMILES string of the molecule is O=C(Nc1ccccc1)C(c1ccccc1)N1CCC(O)CC1. The van der Waals surface area contributed by atoms with Gasteiger partial charge in [0.15, 0.2) is 0 Å². The van der Waals surface area contributed by atoms with Crippen LogP contribution in [0.15, 0.2) is 60.7 Å². The monoisotopic (exact) mass is 310 g/mol. The number of nitrogens with one attached hydrogen (secondary N) is 1. The van der Waals surface area contributed by atoms with E-state index in [9.17, 15) is 9.90 Å². The first-order valence-corrected chi connectivity index (χ1v) is 8.07. The summed E-state index contributed by atoms with van der Waals surface area (Å²) in [5, 5.41) is 12.7. The summed E-state index contributed by atoms with van der Waals surface area (Å²) in [7, 11) is 0. The molecule has 120 valence electrons. The molecule has 1 atom stereocenters. The van der Waals surface area contributed by atoms with E-state index in [1.165, 1.54) is 0 Å². The van der Waals surface area contributed by atoms with Gasteiger partial charge in [-0.1, -0.05) is 48.5 Å². The zero-order chi connectivity index (χ0) is 16.1. The number of carbonyl (C=O) groups excluding carboxylic acids is 1. The van der Waals surface area contributed by atoms with E-state index in [-0.39, 0.29) is 18.1 Å². The first-order chi connectivity index (χ1) is 11.2. The van der Waals surface area contributed by atoms with Crippen molar-refractivity contribution < 1.29 is 9.90 Å². The number of amides is 1. The molecule has 0 aromatic heterocycles. The van der Waals surface area contributed by atoms with Gasteiger partial charge in [-0.3, -0.25) is 9.69 Å². The number of anilines is 1. The highest BCUT2D eigenvalue weighted by Gasteiger charge is 2.30. The van der Waals surface area contributed by atoms with Crippen molar-refractivity contribution in [2.75, 3.05) is 18.4 Å². The van der Waals surface area contributed by atoms with Crippen molar-refractivity contribution in [2.45, 2.75) is 25.0 Å². The van der Waals surface area contributed by atoms with E-state index >= 15 is 0 Å². The molecule has 0 bridgehead atoms. The Morgan fingerprint density at radius 2 is 1.57 bits per heavy atom. The summed E-state index contributed by atoms with van der Waals surface area (Å²) in [6.45, 7) is 1.45. The fraction of sp³-hybridized carbons (Fsp3) is 0.316. The van der Waals surface area contributed by atoms with Gasteiger partial charge in [-0.15, -0.1) is 0 Å². The number of rotatable bonds is 4. The molecule has 0 aliphatic carbocycles. The van der Waals surface area contributed by atoms with Crippen LogP contribution >= 0.6 is 0 Å². The van der Waals surface area contributed by atoms with Crippen LogP contribution in [0.2, 0.25) is 0 Å². The van der Waals surface area contributed by atoms with Crippen LogP contribution in [0.5, 0.6) is 0 Å². The Balaban J connectivity index is 1.81. The molecule has 23 heavy (non-hydrogen) atoms. The number of benzene rings is 2. The molecule has 0 saturated carbocycles. The normalized spacial score (nSPS) is 17.6. The van der Waals surface area contributed by atoms with Gasteiger partial charge < -0.3 is 10.4 Å². The summed E-state index contributed by atoms with van der Waals surface area (Å²) < 4.78 is 0. The van der Waals surface area contributed by atoms with Gasteiger partial charge in [0, 0.05) is 18.8 Å². The van der Waals surface area contributed by atoms with Crippen LogP contribution < -0.4 is 5.32 Å². The average molecular weight is 310 g/mol. The molecule has 1 saturated heterocycles. The summed E-state index contributed by atoms with van der Waals surface area (Å²) in [5.74, 6) is -0.0289. The van der Waals surface area contributed by atoms with Gasteiger partial charge in [-0.2, -0.15) is 0 Å². The van der Waals surface area contributed by atoms with Gasteiger partial charge in [0.2, 0.25) is 5.91 Å². The van der Waals surface area contributed by atoms with Crippen LogP contribution in [0.1, 0.15) is 24.4 Å². The second kappa shape index (κ2) is 7.40. The summed E-state index contributed by atoms with van der Waals surface area (Å²) in [5.41, 5.74) is 1.78. The highest BCUT2D eigenvalue weighted by atomic mass is 16.3. The number of piperidine rings is 1. The van der Waals surface area contributed by atoms with Crippen LogP contribution in [-0.2, 0) is 4.79 Å². The molecule has 4 heteroatoms. The molecule has 0 spiro atoms. The third-order valence-electron chi connectivity index (χ3n) is 4.27. The van der Waals surface area contributed by atoms with Crippen molar-refractivity contribution in [3.05, 3.63) is 66.2 Å². The number of carbonyl (C=O) groups is 1. The van der Waals surface area contributed by atoms with Crippen LogP contribution in [0.3, 0.4) is 0 Å². The van der Waals surface area contributed by atoms with E-state index in [1.54, 1.807) is 0 Å². The Labute approximate surface area is 136 Å². The second-order valence-corrected chi connectivity index (χ2v) is 5.94. The molecule has 4 nitrogen and oxygen atoms in total. The molecule has 2 aromatic carbocycles. The topological polar surface area (TPSA) is 52.6 Å². The first-order valence-electron chi connectivity index (χ1n) is 8.07. The van der Waals surface area contributed by atoms with Crippen molar-refractivity contribution in [2.24, 2.45) is 0 Å². The Morgan fingerprint density at radius 3 is 2.17 bits per heavy atom. The smallest absolute Gasteiger partial charge is 0.246 e. The summed E-state index contributed by atoms with van der Waals surface area (Å²) in [4.78, 5) is 15.0. The van der Waals surface area contributed by atoms with Crippen molar-refractivity contribution >= 4 is 11.6 Å². The molecule has 1 aliphatic rings. The predicted molar refractivity (Wildman–Crippen MR) is 91.1 cm³/mol. The molecule has 2 N–H and O–H groups in total. The van der Waals surface area contributed by atoms with Gasteiger partial charge >= 0.3 is 0 Å². The van der Waals surface area contributed by atoms with Crippen LogP contribution in [0.25, 0.3) is 0 Å². The maximum absolute atomic E-state index is 12.9. The standard InChI is InChI=1S/C19H22N2O2/c22-17-11-13-21(14-12-17)18(15-7-3-1-4-8-15)19(23)20-16-9-5-2-6-10-16/h1-10,17-18,22H,11-14H2,(H,20,23). The van der Waals surface area contributed by atoms with Crippen molar-refractivity contribution in [3.63, 3.8) is 0 Å². The fourth-order valence-corrected chi connectivity index (χ4v) is 3.04. The first kappa shape index (κ1) is 15.7.